The lowest BCUT2D eigenvalue weighted by Crippen LogP contribution is -2.15. The van der Waals surface area contributed by atoms with E-state index in [1.807, 2.05) is 6.07 Å². The van der Waals surface area contributed by atoms with E-state index in [4.69, 9.17) is 5.26 Å². The minimum absolute atomic E-state index is 0.0249. The second kappa shape index (κ2) is 4.77. The number of esters is 1. The molecule has 0 saturated carbocycles. The van der Waals surface area contributed by atoms with Gasteiger partial charge in [0.25, 0.3) is 0 Å². The largest absolute Gasteiger partial charge is 0.468 e. The van der Waals surface area contributed by atoms with Gasteiger partial charge in [0.15, 0.2) is 5.69 Å². The number of carbonyl (C=O) groups excluding carboxylic acids is 1. The van der Waals surface area contributed by atoms with Crippen LogP contribution in [-0.4, -0.2) is 29.6 Å². The Morgan fingerprint density at radius 3 is 2.93 bits per heavy atom. The van der Waals surface area contributed by atoms with Crippen LogP contribution in [0, 0.1) is 11.3 Å². The number of nitrogens with zero attached hydrogens (tertiary/aromatic N) is 3. The summed E-state index contributed by atoms with van der Waals surface area (Å²) in [6.45, 7) is 0.0249. The highest BCUT2D eigenvalue weighted by Crippen LogP contribution is 1.99. The van der Waals surface area contributed by atoms with Gasteiger partial charge < -0.3 is 10.1 Å². The second-order valence-electron chi connectivity index (χ2n) is 2.33. The Morgan fingerprint density at radius 2 is 2.43 bits per heavy atom. The van der Waals surface area contributed by atoms with Crippen molar-refractivity contribution in [1.82, 2.24) is 9.97 Å². The molecule has 72 valence electrons. The summed E-state index contributed by atoms with van der Waals surface area (Å²) < 4.78 is 4.41. The zero-order valence-corrected chi connectivity index (χ0v) is 7.52. The molecule has 1 N–H and O–H groups in total. The predicted molar refractivity (Wildman–Crippen MR) is 47.3 cm³/mol. The Kier molecular flexibility index (Phi) is 3.38. The van der Waals surface area contributed by atoms with Gasteiger partial charge in [0.05, 0.1) is 19.5 Å². The molecule has 0 unspecified atom stereocenters. The van der Waals surface area contributed by atoms with E-state index in [1.165, 1.54) is 19.5 Å². The van der Waals surface area contributed by atoms with Crippen molar-refractivity contribution in [3.8, 4) is 6.07 Å². The molecule has 0 radical (unpaired) electrons. The molecule has 0 saturated heterocycles. The van der Waals surface area contributed by atoms with Gasteiger partial charge in [0, 0.05) is 0 Å². The van der Waals surface area contributed by atoms with Crippen molar-refractivity contribution in [3.05, 3.63) is 18.1 Å². The van der Waals surface area contributed by atoms with Crippen LogP contribution in [0.3, 0.4) is 0 Å². The quantitative estimate of drug-likeness (QED) is 0.674. The Labute approximate surface area is 80.5 Å². The first-order chi connectivity index (χ1) is 6.76. The van der Waals surface area contributed by atoms with Crippen LogP contribution in [0.15, 0.2) is 12.4 Å². The number of hydrogen-bond acceptors (Lipinski definition) is 6. The summed E-state index contributed by atoms with van der Waals surface area (Å²) in [7, 11) is 1.30. The van der Waals surface area contributed by atoms with Crippen molar-refractivity contribution in [3.63, 3.8) is 0 Å². The Balaban J connectivity index is 2.53. The highest BCUT2D eigenvalue weighted by molar-refractivity contribution is 5.74. The first-order valence-corrected chi connectivity index (χ1v) is 3.79. The highest BCUT2D eigenvalue weighted by atomic mass is 16.5. The molecule has 6 heteroatoms. The molecule has 0 fully saturated rings. The van der Waals surface area contributed by atoms with Gasteiger partial charge in [-0.25, -0.2) is 9.97 Å². The first-order valence-electron chi connectivity index (χ1n) is 3.79. The predicted octanol–water partition coefficient (Wildman–Crippen LogP) is -0.0668. The van der Waals surface area contributed by atoms with E-state index in [-0.39, 0.29) is 12.2 Å². The van der Waals surface area contributed by atoms with E-state index in [0.717, 1.165) is 0 Å². The number of nitrogens with one attached hydrogen (secondary N) is 1. The van der Waals surface area contributed by atoms with E-state index in [9.17, 15) is 4.79 Å². The molecule has 0 amide bonds. The summed E-state index contributed by atoms with van der Waals surface area (Å²) >= 11 is 0. The molecule has 1 heterocycles. The van der Waals surface area contributed by atoms with Crippen molar-refractivity contribution >= 4 is 11.8 Å². The summed E-state index contributed by atoms with van der Waals surface area (Å²) in [4.78, 5) is 18.3. The zero-order chi connectivity index (χ0) is 10.4. The maximum absolute atomic E-state index is 10.7. The minimum Gasteiger partial charge on any atom is -0.468 e. The summed E-state index contributed by atoms with van der Waals surface area (Å²) in [6.07, 6.45) is 2.70. The number of methoxy groups -OCH3 is 1. The lowest BCUT2D eigenvalue weighted by molar-refractivity contribution is -0.138. The zero-order valence-electron chi connectivity index (χ0n) is 7.52. The van der Waals surface area contributed by atoms with Gasteiger partial charge in [0.1, 0.15) is 18.4 Å². The van der Waals surface area contributed by atoms with Crippen LogP contribution < -0.4 is 5.32 Å². The van der Waals surface area contributed by atoms with E-state index in [1.54, 1.807) is 0 Å². The molecule has 1 aromatic heterocycles. The molecule has 0 atom stereocenters. The molecule has 0 aliphatic heterocycles. The molecule has 14 heavy (non-hydrogen) atoms. The Hall–Kier alpha value is -2.16. The van der Waals surface area contributed by atoms with Crippen LogP contribution in [0.5, 0.6) is 0 Å². The van der Waals surface area contributed by atoms with E-state index >= 15 is 0 Å². The topological polar surface area (TPSA) is 87.9 Å². The Bertz CT molecular complexity index is 355. The van der Waals surface area contributed by atoms with Crippen LogP contribution in [0.2, 0.25) is 0 Å². The third-order valence-electron chi connectivity index (χ3n) is 1.41. The van der Waals surface area contributed by atoms with Gasteiger partial charge in [-0.2, -0.15) is 5.26 Å². The highest BCUT2D eigenvalue weighted by Gasteiger charge is 2.00. The fourth-order valence-corrected chi connectivity index (χ4v) is 0.712. The van der Waals surface area contributed by atoms with Gasteiger partial charge in [0.2, 0.25) is 0 Å². The van der Waals surface area contributed by atoms with E-state index in [2.05, 4.69) is 20.0 Å². The summed E-state index contributed by atoms with van der Waals surface area (Å²) in [5, 5.41) is 11.1. The van der Waals surface area contributed by atoms with Crippen LogP contribution in [0.4, 0.5) is 5.82 Å². The van der Waals surface area contributed by atoms with Gasteiger partial charge in [-0.15, -0.1) is 0 Å². The number of aromatic nitrogens is 2. The van der Waals surface area contributed by atoms with Gasteiger partial charge in [-0.1, -0.05) is 0 Å². The SMILES string of the molecule is COC(=O)CNc1cnc(C#N)cn1. The number of hydrogen-bond donors (Lipinski definition) is 1. The number of anilines is 1. The number of nitriles is 1. The molecular formula is C8H8N4O2. The standard InChI is InChI=1S/C8H8N4O2/c1-14-8(13)5-12-7-4-10-6(2-9)3-11-7/h3-4H,5H2,1H3,(H,11,12). The smallest absolute Gasteiger partial charge is 0.325 e. The molecule has 0 aliphatic rings. The van der Waals surface area contributed by atoms with Crippen molar-refractivity contribution < 1.29 is 9.53 Å². The van der Waals surface area contributed by atoms with Crippen LogP contribution in [0.1, 0.15) is 5.69 Å². The maximum atomic E-state index is 10.7. The normalized spacial score (nSPS) is 8.86. The van der Waals surface area contributed by atoms with Gasteiger partial charge in [-0.3, -0.25) is 4.79 Å². The summed E-state index contributed by atoms with van der Waals surface area (Å²) in [5.41, 5.74) is 0.230. The van der Waals surface area contributed by atoms with Crippen molar-refractivity contribution in [1.29, 1.82) is 5.26 Å². The van der Waals surface area contributed by atoms with Crippen LogP contribution in [-0.2, 0) is 9.53 Å². The fourth-order valence-electron chi connectivity index (χ4n) is 0.712. The molecule has 0 aliphatic carbocycles. The Morgan fingerprint density at radius 1 is 1.64 bits per heavy atom. The second-order valence-corrected chi connectivity index (χ2v) is 2.33. The molecule has 6 nitrogen and oxygen atoms in total. The minimum atomic E-state index is -0.392. The summed E-state index contributed by atoms with van der Waals surface area (Å²) in [5.74, 6) is 0.0329. The van der Waals surface area contributed by atoms with E-state index in [0.29, 0.717) is 5.82 Å². The molecular weight excluding hydrogens is 184 g/mol. The third-order valence-corrected chi connectivity index (χ3v) is 1.41. The third kappa shape index (κ3) is 2.71. The average molecular weight is 192 g/mol. The van der Waals surface area contributed by atoms with Crippen molar-refractivity contribution in [2.45, 2.75) is 0 Å². The van der Waals surface area contributed by atoms with Gasteiger partial charge in [-0.05, 0) is 0 Å². The van der Waals surface area contributed by atoms with E-state index < -0.39 is 5.97 Å². The lowest BCUT2D eigenvalue weighted by Gasteiger charge is -2.02. The monoisotopic (exact) mass is 192 g/mol. The van der Waals surface area contributed by atoms with Crippen LogP contribution >= 0.6 is 0 Å². The maximum Gasteiger partial charge on any atom is 0.325 e. The van der Waals surface area contributed by atoms with Gasteiger partial charge >= 0.3 is 5.97 Å². The average Bonchev–Trinajstić information content (AvgIpc) is 2.26. The van der Waals surface area contributed by atoms with Crippen LogP contribution in [0.25, 0.3) is 0 Å². The number of carbonyl (C=O) groups is 1. The molecule has 1 rings (SSSR count). The molecule has 0 spiro atoms. The number of ether oxygens (including phenoxy) is 1. The molecule has 1 aromatic rings. The first kappa shape index (κ1) is 9.92. The van der Waals surface area contributed by atoms with Crippen molar-refractivity contribution in [2.75, 3.05) is 19.0 Å². The van der Waals surface area contributed by atoms with Crippen molar-refractivity contribution in [2.24, 2.45) is 0 Å². The lowest BCUT2D eigenvalue weighted by atomic mass is 10.5. The fraction of sp³-hybridized carbons (Fsp3) is 0.250. The molecule has 0 aromatic carbocycles. The summed E-state index contributed by atoms with van der Waals surface area (Å²) in [6, 6.07) is 1.84. The number of rotatable bonds is 3. The molecule has 0 bridgehead atoms.